The summed E-state index contributed by atoms with van der Waals surface area (Å²) in [5.41, 5.74) is 0.665. The van der Waals surface area contributed by atoms with Crippen LogP contribution in [0.4, 0.5) is 4.39 Å². The zero-order valence-corrected chi connectivity index (χ0v) is 17.7. The molecule has 6 heteroatoms. The number of cyclic esters (lactones) is 1. The first-order valence-corrected chi connectivity index (χ1v) is 10.8. The molecule has 166 valence electrons. The second kappa shape index (κ2) is 11.0. The van der Waals surface area contributed by atoms with E-state index < -0.39 is 24.1 Å². The topological polar surface area (TPSA) is 72.8 Å². The summed E-state index contributed by atoms with van der Waals surface area (Å²) < 4.78 is 24.1. The van der Waals surface area contributed by atoms with Gasteiger partial charge < -0.3 is 14.6 Å². The van der Waals surface area contributed by atoms with Gasteiger partial charge in [0.1, 0.15) is 11.9 Å². The molecule has 1 aliphatic carbocycles. The zero-order valence-electron chi connectivity index (χ0n) is 17.7. The largest absolute Gasteiger partial charge is 0.460 e. The van der Waals surface area contributed by atoms with Gasteiger partial charge in [0.2, 0.25) is 0 Å². The second-order valence-electron chi connectivity index (χ2n) is 8.21. The fraction of sp³-hybridized carbons (Fsp3) is 0.440. The average molecular weight is 429 g/mol. The lowest BCUT2D eigenvalue weighted by Gasteiger charge is -2.24. The highest BCUT2D eigenvalue weighted by atomic mass is 19.1. The highest BCUT2D eigenvalue weighted by Crippen LogP contribution is 2.37. The van der Waals surface area contributed by atoms with Gasteiger partial charge in [-0.3, -0.25) is 0 Å². The minimum atomic E-state index is -0.680. The van der Waals surface area contributed by atoms with Gasteiger partial charge in [0.15, 0.2) is 0 Å². The van der Waals surface area contributed by atoms with Crippen molar-refractivity contribution >= 4 is 18.0 Å². The van der Waals surface area contributed by atoms with Gasteiger partial charge in [-0.2, -0.15) is 0 Å². The zero-order chi connectivity index (χ0) is 22.2. The quantitative estimate of drug-likeness (QED) is 0.440. The Kier molecular flexibility index (Phi) is 8.18. The van der Waals surface area contributed by atoms with Crippen LogP contribution in [0.15, 0.2) is 54.6 Å². The number of halogens is 1. The van der Waals surface area contributed by atoms with Gasteiger partial charge in [-0.25, -0.2) is 14.0 Å². The van der Waals surface area contributed by atoms with Crippen LogP contribution < -0.4 is 0 Å². The number of carbonyl (C=O) groups excluding carboxylic acids is 2. The van der Waals surface area contributed by atoms with Crippen LogP contribution in [0.1, 0.15) is 44.6 Å². The third kappa shape index (κ3) is 7.17. The first-order chi connectivity index (χ1) is 14.9. The Balaban J connectivity index is 1.77. The molecule has 31 heavy (non-hydrogen) atoms. The van der Waals surface area contributed by atoms with Crippen LogP contribution in [0, 0.1) is 17.7 Å². The standard InChI is InChI=1S/C25H29FO5/c1-17-5-3-2-4-6-19-15-21(27)16-22(19)23(12-14-24(28)30-17)31-25(29)13-9-18-7-10-20(26)11-8-18/h4,6-14,17,19,21-23,27H,2-3,5,15-16H2,1H3/b6-4+,13-9+,14-12?/t17-,19+,21-,22+,23+/m0/s1. The number of benzene rings is 1. The molecule has 5 nitrogen and oxygen atoms in total. The SMILES string of the molecule is C[C@H]1CCC/C=C/[C@@H]2C[C@H](O)C[C@H]2[C@H](OC(=O)/C=C/c2ccc(F)cc2)C=CC(=O)O1. The summed E-state index contributed by atoms with van der Waals surface area (Å²) in [5, 5.41) is 10.2. The van der Waals surface area contributed by atoms with Crippen molar-refractivity contribution in [3.8, 4) is 0 Å². The Labute approximate surface area is 182 Å². The minimum Gasteiger partial charge on any atom is -0.460 e. The Bertz CT molecular complexity index is 842. The first-order valence-electron chi connectivity index (χ1n) is 10.8. The monoisotopic (exact) mass is 428 g/mol. The van der Waals surface area contributed by atoms with Gasteiger partial charge in [-0.1, -0.05) is 24.3 Å². The molecule has 1 saturated carbocycles. The Morgan fingerprint density at radius 2 is 2.00 bits per heavy atom. The van der Waals surface area contributed by atoms with Crippen LogP contribution in [-0.2, 0) is 19.1 Å². The van der Waals surface area contributed by atoms with Gasteiger partial charge in [0, 0.05) is 18.1 Å². The molecule has 2 aliphatic rings. The molecule has 5 atom stereocenters. The predicted molar refractivity (Wildman–Crippen MR) is 115 cm³/mol. The van der Waals surface area contributed by atoms with Crippen LogP contribution in [0.3, 0.4) is 0 Å². The van der Waals surface area contributed by atoms with Gasteiger partial charge in [-0.05, 0) is 74.8 Å². The van der Waals surface area contributed by atoms with Crippen molar-refractivity contribution in [2.45, 2.75) is 57.3 Å². The molecule has 1 aromatic carbocycles. The lowest BCUT2D eigenvalue weighted by atomic mass is 9.89. The molecule has 1 N–H and O–H groups in total. The fourth-order valence-corrected chi connectivity index (χ4v) is 4.12. The summed E-state index contributed by atoms with van der Waals surface area (Å²) in [6, 6.07) is 5.74. The first kappa shape index (κ1) is 22.9. The van der Waals surface area contributed by atoms with E-state index in [4.69, 9.17) is 9.47 Å². The summed E-state index contributed by atoms with van der Waals surface area (Å²) in [6.07, 6.45) is 12.1. The van der Waals surface area contributed by atoms with E-state index in [1.54, 1.807) is 24.3 Å². The van der Waals surface area contributed by atoms with E-state index in [-0.39, 0.29) is 23.8 Å². The van der Waals surface area contributed by atoms with Crippen molar-refractivity contribution in [2.75, 3.05) is 0 Å². The maximum atomic E-state index is 13.0. The van der Waals surface area contributed by atoms with Crippen LogP contribution in [0.5, 0.6) is 0 Å². The maximum absolute atomic E-state index is 13.0. The molecule has 0 amide bonds. The number of allylic oxidation sites excluding steroid dienone is 2. The summed E-state index contributed by atoms with van der Waals surface area (Å²) in [7, 11) is 0. The normalized spacial score (nSPS) is 30.5. The van der Waals surface area contributed by atoms with Crippen molar-refractivity contribution in [2.24, 2.45) is 11.8 Å². The second-order valence-corrected chi connectivity index (χ2v) is 8.21. The summed E-state index contributed by atoms with van der Waals surface area (Å²) in [5.74, 6) is -1.50. The molecular weight excluding hydrogens is 399 g/mol. The number of esters is 2. The number of aliphatic hydroxyl groups is 1. The Morgan fingerprint density at radius 3 is 2.77 bits per heavy atom. The molecule has 0 unspecified atom stereocenters. The molecule has 1 heterocycles. The van der Waals surface area contributed by atoms with E-state index >= 15 is 0 Å². The van der Waals surface area contributed by atoms with E-state index in [2.05, 4.69) is 12.2 Å². The highest BCUT2D eigenvalue weighted by Gasteiger charge is 2.38. The van der Waals surface area contributed by atoms with Crippen LogP contribution in [0.25, 0.3) is 6.08 Å². The lowest BCUT2D eigenvalue weighted by Crippen LogP contribution is -2.27. The van der Waals surface area contributed by atoms with E-state index in [1.165, 1.54) is 24.3 Å². The maximum Gasteiger partial charge on any atom is 0.331 e. The van der Waals surface area contributed by atoms with Crippen molar-refractivity contribution in [1.82, 2.24) is 0 Å². The number of hydrogen-bond donors (Lipinski definition) is 1. The predicted octanol–water partition coefficient (Wildman–Crippen LogP) is 4.37. The van der Waals surface area contributed by atoms with E-state index in [0.29, 0.717) is 18.4 Å². The van der Waals surface area contributed by atoms with Crippen molar-refractivity contribution in [1.29, 1.82) is 0 Å². The van der Waals surface area contributed by atoms with Gasteiger partial charge in [0.25, 0.3) is 0 Å². The fourth-order valence-electron chi connectivity index (χ4n) is 4.12. The molecule has 0 saturated heterocycles. The van der Waals surface area contributed by atoms with Crippen LogP contribution in [0.2, 0.25) is 0 Å². The van der Waals surface area contributed by atoms with Crippen molar-refractivity contribution in [3.63, 3.8) is 0 Å². The van der Waals surface area contributed by atoms with Gasteiger partial charge in [-0.15, -0.1) is 0 Å². The number of rotatable bonds is 3. The van der Waals surface area contributed by atoms with Crippen molar-refractivity contribution in [3.05, 3.63) is 66.0 Å². The molecule has 0 radical (unpaired) electrons. The number of carbonyl (C=O) groups is 2. The number of fused-ring (bicyclic) bond motifs is 1. The lowest BCUT2D eigenvalue weighted by molar-refractivity contribution is -0.145. The Hall–Kier alpha value is -2.73. The molecule has 0 bridgehead atoms. The smallest absolute Gasteiger partial charge is 0.331 e. The number of hydrogen-bond acceptors (Lipinski definition) is 5. The molecule has 3 rings (SSSR count). The van der Waals surface area contributed by atoms with E-state index in [9.17, 15) is 19.1 Å². The molecule has 1 aromatic rings. The highest BCUT2D eigenvalue weighted by molar-refractivity contribution is 5.87. The molecule has 0 spiro atoms. The van der Waals surface area contributed by atoms with Crippen LogP contribution >= 0.6 is 0 Å². The third-order valence-corrected chi connectivity index (χ3v) is 5.70. The molecule has 0 aromatic heterocycles. The average Bonchev–Trinajstić information content (AvgIpc) is 3.10. The van der Waals surface area contributed by atoms with Gasteiger partial charge in [0.05, 0.1) is 12.2 Å². The Morgan fingerprint density at radius 1 is 1.23 bits per heavy atom. The number of ether oxygens (including phenoxy) is 2. The summed E-state index contributed by atoms with van der Waals surface area (Å²) in [6.45, 7) is 1.86. The van der Waals surface area contributed by atoms with Crippen LogP contribution in [-0.4, -0.2) is 35.4 Å². The third-order valence-electron chi connectivity index (χ3n) is 5.70. The summed E-state index contributed by atoms with van der Waals surface area (Å²) >= 11 is 0. The molecule has 1 aliphatic heterocycles. The van der Waals surface area contributed by atoms with Crippen molar-refractivity contribution < 1.29 is 28.6 Å². The summed E-state index contributed by atoms with van der Waals surface area (Å²) in [4.78, 5) is 24.6. The van der Waals surface area contributed by atoms with E-state index in [1.807, 2.05) is 6.92 Å². The number of aliphatic hydroxyl groups excluding tert-OH is 1. The molecule has 1 fully saturated rings. The van der Waals surface area contributed by atoms with E-state index in [0.717, 1.165) is 19.3 Å². The minimum absolute atomic E-state index is 0.0488. The van der Waals surface area contributed by atoms with Gasteiger partial charge >= 0.3 is 11.9 Å². The molecular formula is C25H29FO5.